The molecular formula is C17H10F5NO3. The summed E-state index contributed by atoms with van der Waals surface area (Å²) < 4.78 is 76.1. The van der Waals surface area contributed by atoms with E-state index in [0.29, 0.717) is 0 Å². The molecule has 0 fully saturated rings. The summed E-state index contributed by atoms with van der Waals surface area (Å²) >= 11 is 0. The van der Waals surface area contributed by atoms with E-state index in [1.54, 1.807) is 13.8 Å². The Morgan fingerprint density at radius 3 is 2.04 bits per heavy atom. The van der Waals surface area contributed by atoms with Gasteiger partial charge in [-0.1, -0.05) is 0 Å². The highest BCUT2D eigenvalue weighted by Crippen LogP contribution is 2.32. The third kappa shape index (κ3) is 3.59. The molecule has 2 aromatic carbocycles. The molecule has 0 aliphatic carbocycles. The molecule has 0 aliphatic heterocycles. The maximum absolute atomic E-state index is 13.6. The van der Waals surface area contributed by atoms with E-state index in [1.807, 2.05) is 0 Å². The minimum Gasteiger partial charge on any atom is -0.502 e. The highest BCUT2D eigenvalue weighted by Gasteiger charge is 2.29. The molecule has 136 valence electrons. The Balaban J connectivity index is 2.39. The number of benzene rings is 2. The minimum absolute atomic E-state index is 0.0921. The van der Waals surface area contributed by atoms with Crippen LogP contribution in [0.3, 0.4) is 0 Å². The van der Waals surface area contributed by atoms with Crippen LogP contribution in [0.25, 0.3) is 4.85 Å². The Morgan fingerprint density at radius 2 is 1.54 bits per heavy atom. The van der Waals surface area contributed by atoms with Crippen LogP contribution >= 0.6 is 0 Å². The second kappa shape index (κ2) is 7.39. The second-order valence-electron chi connectivity index (χ2n) is 5.25. The van der Waals surface area contributed by atoms with Crippen molar-refractivity contribution in [1.82, 2.24) is 0 Å². The summed E-state index contributed by atoms with van der Waals surface area (Å²) in [6.45, 7) is 10.5. The van der Waals surface area contributed by atoms with Crippen LogP contribution in [0.4, 0.5) is 27.6 Å². The third-order valence-corrected chi connectivity index (χ3v) is 3.04. The normalized spacial score (nSPS) is 10.6. The summed E-state index contributed by atoms with van der Waals surface area (Å²) in [7, 11) is 0. The van der Waals surface area contributed by atoms with Gasteiger partial charge in [-0.15, -0.1) is 0 Å². The lowest BCUT2D eigenvalue weighted by Crippen LogP contribution is -2.14. The van der Waals surface area contributed by atoms with Gasteiger partial charge >= 0.3 is 5.97 Å². The van der Waals surface area contributed by atoms with Gasteiger partial charge in [0, 0.05) is 5.56 Å². The van der Waals surface area contributed by atoms with E-state index >= 15 is 0 Å². The van der Waals surface area contributed by atoms with Crippen LogP contribution in [-0.2, 0) is 0 Å². The van der Waals surface area contributed by atoms with Crippen LogP contribution in [0.5, 0.6) is 11.5 Å². The molecule has 0 spiro atoms. The fraction of sp³-hybridized carbons (Fsp3) is 0.176. The van der Waals surface area contributed by atoms with Gasteiger partial charge in [-0.25, -0.2) is 22.8 Å². The summed E-state index contributed by atoms with van der Waals surface area (Å²) in [6.07, 6.45) is -0.262. The van der Waals surface area contributed by atoms with Gasteiger partial charge in [-0.05, 0) is 32.0 Å². The number of nitrogens with zero attached hydrogens (tertiary/aromatic N) is 1. The lowest BCUT2D eigenvalue weighted by molar-refractivity contribution is 0.0716. The Bertz CT molecular complexity index is 893. The molecule has 0 aromatic heterocycles. The van der Waals surface area contributed by atoms with Crippen molar-refractivity contribution >= 4 is 11.7 Å². The molecule has 0 N–H and O–H groups in total. The van der Waals surface area contributed by atoms with Crippen LogP contribution in [0.1, 0.15) is 24.2 Å². The molecule has 0 saturated carbocycles. The topological polar surface area (TPSA) is 39.9 Å². The summed E-state index contributed by atoms with van der Waals surface area (Å²) in [5.41, 5.74) is -0.429. The smallest absolute Gasteiger partial charge is 0.342 e. The molecular weight excluding hydrogens is 361 g/mol. The van der Waals surface area contributed by atoms with Gasteiger partial charge in [0.2, 0.25) is 40.5 Å². The van der Waals surface area contributed by atoms with E-state index in [1.165, 1.54) is 6.07 Å². The zero-order chi connectivity index (χ0) is 19.6. The first-order chi connectivity index (χ1) is 12.2. The predicted octanol–water partition coefficient (Wildman–Crippen LogP) is 4.94. The molecule has 0 saturated heterocycles. The Labute approximate surface area is 144 Å². The molecule has 0 aliphatic rings. The number of carbonyl (C=O) groups excluding carboxylic acids is 1. The Hall–Kier alpha value is -3.15. The standard InChI is InChI=1S/C17H10F5NO3/c1-7(2)25-10-5-4-8(6-9(10)23-3)17(24)26-16-14(21)12(19)11(18)13(20)15(16)22/h4-7H,1-2H3. The first-order valence-electron chi connectivity index (χ1n) is 7.09. The van der Waals surface area contributed by atoms with Gasteiger partial charge < -0.3 is 9.47 Å². The van der Waals surface area contributed by atoms with Crippen molar-refractivity contribution in [2.75, 3.05) is 0 Å². The highest BCUT2D eigenvalue weighted by atomic mass is 19.2. The van der Waals surface area contributed by atoms with Crippen molar-refractivity contribution in [3.63, 3.8) is 0 Å². The zero-order valence-electron chi connectivity index (χ0n) is 13.4. The van der Waals surface area contributed by atoms with E-state index in [9.17, 15) is 26.7 Å². The first kappa shape index (κ1) is 19.2. The van der Waals surface area contributed by atoms with Crippen molar-refractivity contribution in [2.45, 2.75) is 20.0 Å². The predicted molar refractivity (Wildman–Crippen MR) is 79.7 cm³/mol. The number of carbonyl (C=O) groups is 1. The number of hydrogen-bond donors (Lipinski definition) is 0. The van der Waals surface area contributed by atoms with Crippen LogP contribution in [0, 0.1) is 35.7 Å². The van der Waals surface area contributed by atoms with Gasteiger partial charge in [0.25, 0.3) is 0 Å². The zero-order valence-corrected chi connectivity index (χ0v) is 13.4. The van der Waals surface area contributed by atoms with E-state index in [4.69, 9.17) is 11.3 Å². The average molecular weight is 371 g/mol. The van der Waals surface area contributed by atoms with Gasteiger partial charge in [0.15, 0.2) is 0 Å². The molecule has 4 nitrogen and oxygen atoms in total. The maximum Gasteiger partial charge on any atom is 0.342 e. The average Bonchev–Trinajstić information content (AvgIpc) is 2.61. The van der Waals surface area contributed by atoms with Crippen LogP contribution in [0.2, 0.25) is 0 Å². The Kier molecular flexibility index (Phi) is 5.45. The van der Waals surface area contributed by atoms with E-state index in [-0.39, 0.29) is 23.1 Å². The number of halogens is 5. The van der Waals surface area contributed by atoms with Gasteiger partial charge in [-0.3, -0.25) is 0 Å². The molecule has 2 aromatic rings. The SMILES string of the molecule is [C-]#[N+]c1cc(C(=O)Oc2c(F)c(F)c(F)c(F)c2F)ccc1OC(C)C. The summed E-state index contributed by atoms with van der Waals surface area (Å²) in [5.74, 6) is -14.4. The number of hydrogen-bond acceptors (Lipinski definition) is 3. The summed E-state index contributed by atoms with van der Waals surface area (Å²) in [6, 6.07) is 3.39. The van der Waals surface area contributed by atoms with Gasteiger partial charge in [-0.2, -0.15) is 8.78 Å². The number of esters is 1. The monoisotopic (exact) mass is 371 g/mol. The van der Waals surface area contributed by atoms with E-state index < -0.39 is 40.8 Å². The molecule has 0 amide bonds. The van der Waals surface area contributed by atoms with Gasteiger partial charge in [0.1, 0.15) is 5.75 Å². The molecule has 9 heteroatoms. The number of rotatable bonds is 4. The number of ether oxygens (including phenoxy) is 2. The quantitative estimate of drug-likeness (QED) is 0.191. The van der Waals surface area contributed by atoms with Crippen LogP contribution < -0.4 is 9.47 Å². The molecule has 2 rings (SSSR count). The minimum atomic E-state index is -2.37. The largest absolute Gasteiger partial charge is 0.502 e. The fourth-order valence-electron chi connectivity index (χ4n) is 1.91. The molecule has 0 unspecified atom stereocenters. The van der Waals surface area contributed by atoms with Crippen molar-refractivity contribution in [3.8, 4) is 11.5 Å². The van der Waals surface area contributed by atoms with Crippen LogP contribution in [0.15, 0.2) is 18.2 Å². The van der Waals surface area contributed by atoms with E-state index in [0.717, 1.165) is 12.1 Å². The Morgan fingerprint density at radius 1 is 1.00 bits per heavy atom. The summed E-state index contributed by atoms with van der Waals surface area (Å²) in [5, 5.41) is 0. The van der Waals surface area contributed by atoms with Crippen LogP contribution in [-0.4, -0.2) is 12.1 Å². The third-order valence-electron chi connectivity index (χ3n) is 3.04. The molecule has 26 heavy (non-hydrogen) atoms. The van der Waals surface area contributed by atoms with Gasteiger partial charge in [0.05, 0.1) is 12.7 Å². The maximum atomic E-state index is 13.6. The lowest BCUT2D eigenvalue weighted by Gasteiger charge is -2.13. The van der Waals surface area contributed by atoms with Crippen molar-refractivity contribution in [3.05, 3.63) is 64.3 Å². The highest BCUT2D eigenvalue weighted by molar-refractivity contribution is 5.92. The first-order valence-corrected chi connectivity index (χ1v) is 7.09. The molecule has 0 bridgehead atoms. The van der Waals surface area contributed by atoms with Crippen molar-refractivity contribution in [2.24, 2.45) is 0 Å². The molecule has 0 radical (unpaired) electrons. The second-order valence-corrected chi connectivity index (χ2v) is 5.25. The van der Waals surface area contributed by atoms with Crippen molar-refractivity contribution in [1.29, 1.82) is 0 Å². The lowest BCUT2D eigenvalue weighted by atomic mass is 10.2. The van der Waals surface area contributed by atoms with E-state index in [2.05, 4.69) is 9.58 Å². The summed E-state index contributed by atoms with van der Waals surface area (Å²) in [4.78, 5) is 15.1. The fourth-order valence-corrected chi connectivity index (χ4v) is 1.91. The van der Waals surface area contributed by atoms with Crippen molar-refractivity contribution < 1.29 is 36.2 Å². The molecule has 0 heterocycles. The molecule has 0 atom stereocenters.